The standard InChI is InChI=1S/C20H26FN5O3S.HI/c1-22-19(23-15-20(6-7-20)16-3-2-4-17(21)13-16)25-8-10-26(11-9-25)30(27,28)14-18-5-12-29-24-18;/h2-5,12-13H,6-11,14-15H2,1H3,(H,22,23);1H. The number of sulfonamides is 1. The second kappa shape index (κ2) is 9.82. The lowest BCUT2D eigenvalue weighted by molar-refractivity contribution is 0.259. The molecule has 2 aliphatic rings. The van der Waals surface area contributed by atoms with Gasteiger partial charge in [0.2, 0.25) is 10.0 Å². The quantitative estimate of drug-likeness (QED) is 0.330. The summed E-state index contributed by atoms with van der Waals surface area (Å²) >= 11 is 0. The summed E-state index contributed by atoms with van der Waals surface area (Å²) in [7, 11) is -1.72. The highest BCUT2D eigenvalue weighted by atomic mass is 127. The maximum Gasteiger partial charge on any atom is 0.220 e. The molecule has 1 N–H and O–H groups in total. The second-order valence-electron chi connectivity index (χ2n) is 7.82. The van der Waals surface area contributed by atoms with Gasteiger partial charge in [0, 0.05) is 51.3 Å². The van der Waals surface area contributed by atoms with Crippen LogP contribution in [-0.2, 0) is 21.2 Å². The molecular weight excluding hydrogens is 536 g/mol. The summed E-state index contributed by atoms with van der Waals surface area (Å²) in [6, 6.07) is 8.35. The Hall–Kier alpha value is -1.73. The average molecular weight is 563 g/mol. The lowest BCUT2D eigenvalue weighted by Crippen LogP contribution is -2.54. The Labute approximate surface area is 198 Å². The van der Waals surface area contributed by atoms with Crippen molar-refractivity contribution in [2.75, 3.05) is 39.8 Å². The fourth-order valence-electron chi connectivity index (χ4n) is 3.89. The van der Waals surface area contributed by atoms with Crippen molar-refractivity contribution in [1.29, 1.82) is 0 Å². The first-order valence-electron chi connectivity index (χ1n) is 10.0. The molecule has 8 nitrogen and oxygen atoms in total. The number of hydrogen-bond acceptors (Lipinski definition) is 5. The van der Waals surface area contributed by atoms with Crippen LogP contribution in [0.4, 0.5) is 4.39 Å². The molecule has 1 saturated carbocycles. The molecule has 0 atom stereocenters. The maximum absolute atomic E-state index is 13.6. The highest BCUT2D eigenvalue weighted by Gasteiger charge is 2.44. The summed E-state index contributed by atoms with van der Waals surface area (Å²) in [5, 5.41) is 7.11. The molecule has 0 spiro atoms. The minimum absolute atomic E-state index is 0. The number of nitrogens with zero attached hydrogens (tertiary/aromatic N) is 4. The van der Waals surface area contributed by atoms with Crippen LogP contribution in [-0.4, -0.2) is 68.5 Å². The third-order valence-electron chi connectivity index (χ3n) is 5.84. The molecule has 170 valence electrons. The van der Waals surface area contributed by atoms with Crippen LogP contribution in [0.3, 0.4) is 0 Å². The number of hydrogen-bond donors (Lipinski definition) is 1. The molecule has 0 radical (unpaired) electrons. The average Bonchev–Trinajstić information content (AvgIpc) is 3.37. The Kier molecular flexibility index (Phi) is 7.58. The molecule has 0 amide bonds. The number of rotatable bonds is 6. The smallest absolute Gasteiger partial charge is 0.220 e. The molecule has 2 aromatic rings. The Morgan fingerprint density at radius 2 is 2.00 bits per heavy atom. The molecule has 31 heavy (non-hydrogen) atoms. The van der Waals surface area contributed by atoms with E-state index in [1.807, 2.05) is 6.07 Å². The predicted octanol–water partition coefficient (Wildman–Crippen LogP) is 2.19. The van der Waals surface area contributed by atoms with Crippen molar-refractivity contribution in [3.63, 3.8) is 0 Å². The van der Waals surface area contributed by atoms with Gasteiger partial charge in [0.15, 0.2) is 5.96 Å². The third-order valence-corrected chi connectivity index (χ3v) is 7.65. The van der Waals surface area contributed by atoms with E-state index in [0.717, 1.165) is 24.4 Å². The number of benzene rings is 1. The number of guanidine groups is 1. The van der Waals surface area contributed by atoms with Gasteiger partial charge in [0.25, 0.3) is 0 Å². The third kappa shape index (κ3) is 5.55. The van der Waals surface area contributed by atoms with Crippen molar-refractivity contribution in [2.45, 2.75) is 24.0 Å². The number of aliphatic imine (C=N–C) groups is 1. The van der Waals surface area contributed by atoms with Crippen LogP contribution in [0.2, 0.25) is 0 Å². The number of nitrogens with one attached hydrogen (secondary N) is 1. The van der Waals surface area contributed by atoms with Gasteiger partial charge in [-0.15, -0.1) is 24.0 Å². The topological polar surface area (TPSA) is 91.0 Å². The normalized spacial score (nSPS) is 19.0. The van der Waals surface area contributed by atoms with Gasteiger partial charge in [0.05, 0.1) is 5.69 Å². The summed E-state index contributed by atoms with van der Waals surface area (Å²) in [5.41, 5.74) is 1.36. The molecule has 1 aromatic heterocycles. The van der Waals surface area contributed by atoms with Gasteiger partial charge in [-0.1, -0.05) is 17.3 Å². The van der Waals surface area contributed by atoms with Crippen molar-refractivity contribution < 1.29 is 17.3 Å². The minimum atomic E-state index is -3.44. The van der Waals surface area contributed by atoms with E-state index in [2.05, 4.69) is 20.4 Å². The first-order valence-corrected chi connectivity index (χ1v) is 11.6. The monoisotopic (exact) mass is 563 g/mol. The van der Waals surface area contributed by atoms with E-state index in [1.165, 1.54) is 16.6 Å². The molecule has 2 heterocycles. The maximum atomic E-state index is 13.6. The van der Waals surface area contributed by atoms with Gasteiger partial charge >= 0.3 is 0 Å². The molecule has 0 unspecified atom stereocenters. The number of aromatic nitrogens is 1. The van der Waals surface area contributed by atoms with Crippen molar-refractivity contribution in [3.8, 4) is 0 Å². The van der Waals surface area contributed by atoms with Crippen LogP contribution in [0.15, 0.2) is 46.1 Å². The summed E-state index contributed by atoms with van der Waals surface area (Å²) < 4.78 is 45.0. The summed E-state index contributed by atoms with van der Waals surface area (Å²) in [5.74, 6) is 0.365. The molecular formula is C20H27FIN5O3S. The molecule has 2 fully saturated rings. The number of halogens is 2. The zero-order chi connectivity index (χ0) is 21.2. The van der Waals surface area contributed by atoms with Gasteiger partial charge in [-0.05, 0) is 30.5 Å². The van der Waals surface area contributed by atoms with Crippen LogP contribution in [0.25, 0.3) is 0 Å². The molecule has 0 bridgehead atoms. The van der Waals surface area contributed by atoms with E-state index in [9.17, 15) is 12.8 Å². The highest BCUT2D eigenvalue weighted by Crippen LogP contribution is 2.47. The van der Waals surface area contributed by atoms with Crippen LogP contribution >= 0.6 is 24.0 Å². The SMILES string of the molecule is CN=C(NCC1(c2cccc(F)c2)CC1)N1CCN(S(=O)(=O)Cc2ccon2)CC1.I. The zero-order valence-electron chi connectivity index (χ0n) is 17.3. The Balaban J connectivity index is 0.00000272. The number of piperazine rings is 1. The molecule has 1 aromatic carbocycles. The highest BCUT2D eigenvalue weighted by molar-refractivity contribution is 14.0. The van der Waals surface area contributed by atoms with Gasteiger partial charge in [-0.3, -0.25) is 4.99 Å². The Morgan fingerprint density at radius 1 is 1.26 bits per heavy atom. The first-order chi connectivity index (χ1) is 14.4. The van der Waals surface area contributed by atoms with Gasteiger partial charge in [-0.25, -0.2) is 12.8 Å². The van der Waals surface area contributed by atoms with Crippen molar-refractivity contribution in [1.82, 2.24) is 19.7 Å². The zero-order valence-corrected chi connectivity index (χ0v) is 20.5. The van der Waals surface area contributed by atoms with E-state index in [-0.39, 0.29) is 41.0 Å². The Morgan fingerprint density at radius 3 is 2.58 bits per heavy atom. The minimum Gasteiger partial charge on any atom is -0.364 e. The van der Waals surface area contributed by atoms with E-state index >= 15 is 0 Å². The summed E-state index contributed by atoms with van der Waals surface area (Å²) in [6.07, 6.45) is 3.39. The fraction of sp³-hybridized carbons (Fsp3) is 0.500. The van der Waals surface area contributed by atoms with Crippen molar-refractivity contribution in [3.05, 3.63) is 53.7 Å². The Bertz CT molecular complexity index is 1000. The van der Waals surface area contributed by atoms with E-state index in [4.69, 9.17) is 4.52 Å². The molecule has 11 heteroatoms. The van der Waals surface area contributed by atoms with Crippen molar-refractivity contribution in [2.24, 2.45) is 4.99 Å². The van der Waals surface area contributed by atoms with Crippen LogP contribution in [0.5, 0.6) is 0 Å². The van der Waals surface area contributed by atoms with Gasteiger partial charge in [-0.2, -0.15) is 4.31 Å². The lowest BCUT2D eigenvalue weighted by Gasteiger charge is -2.36. The predicted molar refractivity (Wildman–Crippen MR) is 126 cm³/mol. The summed E-state index contributed by atoms with van der Waals surface area (Å²) in [6.45, 7) is 2.54. The van der Waals surface area contributed by atoms with E-state index < -0.39 is 10.0 Å². The lowest BCUT2D eigenvalue weighted by atomic mass is 9.96. The van der Waals surface area contributed by atoms with Crippen molar-refractivity contribution >= 4 is 40.0 Å². The van der Waals surface area contributed by atoms with Gasteiger partial charge in [0.1, 0.15) is 17.8 Å². The van der Waals surface area contributed by atoms with Crippen LogP contribution < -0.4 is 5.32 Å². The van der Waals surface area contributed by atoms with E-state index in [0.29, 0.717) is 38.4 Å². The molecule has 1 saturated heterocycles. The molecule has 1 aliphatic carbocycles. The second-order valence-corrected chi connectivity index (χ2v) is 9.79. The van der Waals surface area contributed by atoms with Crippen LogP contribution in [0, 0.1) is 5.82 Å². The van der Waals surface area contributed by atoms with E-state index in [1.54, 1.807) is 25.2 Å². The largest absolute Gasteiger partial charge is 0.364 e. The molecule has 1 aliphatic heterocycles. The fourth-order valence-corrected chi connectivity index (χ4v) is 5.31. The summed E-state index contributed by atoms with van der Waals surface area (Å²) in [4.78, 5) is 6.43. The van der Waals surface area contributed by atoms with Crippen LogP contribution in [0.1, 0.15) is 24.1 Å². The molecule has 4 rings (SSSR count). The first kappa shape index (κ1) is 23.9. The van der Waals surface area contributed by atoms with Gasteiger partial charge < -0.3 is 14.7 Å².